The number of carbonyl (C=O) groups is 1. The van der Waals surface area contributed by atoms with E-state index < -0.39 is 58.5 Å². The third kappa shape index (κ3) is 6.97. The number of ether oxygens (including phenoxy) is 1. The lowest BCUT2D eigenvalue weighted by molar-refractivity contribution is 0.0635. The van der Waals surface area contributed by atoms with Gasteiger partial charge in [-0.2, -0.15) is 21.9 Å². The molecule has 1 amide bonds. The third-order valence-corrected chi connectivity index (χ3v) is 8.22. The quantitative estimate of drug-likeness (QED) is 0.0854. The van der Waals surface area contributed by atoms with E-state index in [0.717, 1.165) is 22.8 Å². The second-order valence-corrected chi connectivity index (χ2v) is 13.7. The molecule has 6 N–H and O–H groups in total. The molecule has 13 nitrogen and oxygen atoms in total. The molecule has 0 atom stereocenters. The van der Waals surface area contributed by atoms with Crippen LogP contribution in [0.1, 0.15) is 31.9 Å². The van der Waals surface area contributed by atoms with Gasteiger partial charge in [-0.05, 0) is 93.3 Å². The predicted octanol–water partition coefficient (Wildman–Crippen LogP) is 6.67. The van der Waals surface area contributed by atoms with Crippen molar-refractivity contribution < 1.29 is 40.6 Å². The van der Waals surface area contributed by atoms with Gasteiger partial charge >= 0.3 is 6.09 Å². The molecule has 232 valence electrons. The van der Waals surface area contributed by atoms with E-state index in [9.17, 15) is 35.8 Å². The van der Waals surface area contributed by atoms with Gasteiger partial charge in [0, 0.05) is 11.1 Å². The first-order valence-corrected chi connectivity index (χ1v) is 15.8. The number of azo groups is 1. The van der Waals surface area contributed by atoms with E-state index in [0.29, 0.717) is 23.0 Å². The van der Waals surface area contributed by atoms with Crippen LogP contribution in [-0.4, -0.2) is 42.7 Å². The first kappa shape index (κ1) is 32.3. The smallest absolute Gasteiger partial charge is 0.412 e. The highest BCUT2D eigenvalue weighted by Crippen LogP contribution is 2.44. The van der Waals surface area contributed by atoms with Gasteiger partial charge in [0.25, 0.3) is 20.2 Å². The minimum absolute atomic E-state index is 0.190. The van der Waals surface area contributed by atoms with Crippen molar-refractivity contribution in [3.05, 3.63) is 65.7 Å². The Hall–Kier alpha value is -4.57. The van der Waals surface area contributed by atoms with Crippen molar-refractivity contribution in [3.63, 3.8) is 0 Å². The molecule has 4 aromatic rings. The van der Waals surface area contributed by atoms with Crippen LogP contribution in [0.2, 0.25) is 0 Å². The summed E-state index contributed by atoms with van der Waals surface area (Å²) in [4.78, 5) is 10.2. The molecule has 0 fully saturated rings. The summed E-state index contributed by atoms with van der Waals surface area (Å²) in [7, 11) is -10.0. The lowest BCUT2D eigenvalue weighted by Gasteiger charge is -2.20. The number of benzene rings is 4. The van der Waals surface area contributed by atoms with E-state index in [1.165, 1.54) is 6.07 Å². The zero-order valence-corrected chi connectivity index (χ0v) is 25.9. The lowest BCUT2D eigenvalue weighted by Crippen LogP contribution is -2.27. The molecular weight excluding hydrogens is 612 g/mol. The molecule has 0 spiro atoms. The number of nitrogen functional groups attached to an aromatic ring is 1. The number of nitrogens with zero attached hydrogens (tertiary/aromatic N) is 2. The Kier molecular flexibility index (Phi) is 8.45. The average Bonchev–Trinajstić information content (AvgIpc) is 2.87. The summed E-state index contributed by atoms with van der Waals surface area (Å²) in [5, 5.41) is 21.1. The number of rotatable bonds is 6. The van der Waals surface area contributed by atoms with Crippen LogP contribution in [0, 0.1) is 13.8 Å². The Balaban J connectivity index is 1.67. The minimum Gasteiger partial charge on any atom is -0.505 e. The van der Waals surface area contributed by atoms with Crippen LogP contribution < -0.4 is 11.1 Å². The van der Waals surface area contributed by atoms with Crippen LogP contribution in [0.5, 0.6) is 5.75 Å². The average molecular weight is 643 g/mol. The highest BCUT2D eigenvalue weighted by atomic mass is 32.2. The van der Waals surface area contributed by atoms with Crippen molar-refractivity contribution in [2.45, 2.75) is 50.0 Å². The number of carbonyl (C=O) groups excluding carboxylic acids is 1. The molecule has 44 heavy (non-hydrogen) atoms. The molecule has 0 unspecified atom stereocenters. The second-order valence-electron chi connectivity index (χ2n) is 11.0. The van der Waals surface area contributed by atoms with E-state index >= 15 is 0 Å². The highest BCUT2D eigenvalue weighted by molar-refractivity contribution is 7.87. The molecular formula is C29H30N4O9S2. The molecule has 4 rings (SSSR count). The lowest BCUT2D eigenvalue weighted by atomic mass is 10.00. The number of nitrogens with one attached hydrogen (secondary N) is 1. The molecule has 0 heterocycles. The molecule has 0 aromatic heterocycles. The van der Waals surface area contributed by atoms with Gasteiger partial charge in [0.05, 0.1) is 16.8 Å². The van der Waals surface area contributed by atoms with Gasteiger partial charge in [-0.3, -0.25) is 14.4 Å². The van der Waals surface area contributed by atoms with Crippen molar-refractivity contribution in [3.8, 4) is 16.9 Å². The molecule has 0 saturated heterocycles. The van der Waals surface area contributed by atoms with Crippen LogP contribution in [-0.2, 0) is 25.0 Å². The Bertz CT molecular complexity index is 2070. The molecule has 0 radical (unpaired) electrons. The number of phenols is 1. The summed E-state index contributed by atoms with van der Waals surface area (Å²) >= 11 is 0. The van der Waals surface area contributed by atoms with E-state index in [4.69, 9.17) is 10.5 Å². The second kappa shape index (κ2) is 11.5. The maximum Gasteiger partial charge on any atom is 0.412 e. The molecule has 4 aromatic carbocycles. The van der Waals surface area contributed by atoms with Crippen molar-refractivity contribution in [2.75, 3.05) is 11.1 Å². The van der Waals surface area contributed by atoms with Crippen molar-refractivity contribution in [1.29, 1.82) is 0 Å². The number of hydrogen-bond acceptors (Lipinski definition) is 10. The standard InChI is InChI=1S/C29H30N4O9S2/c1-15-12-17(6-9-20(15)31-28(35)42-29(3,4)5)18-7-10-21(16(2)13-18)32-33-22-11-8-19-23(43(36,37)38)14-24(44(39,40)41)26(30)25(19)27(22)34/h6-14,34H,30H2,1-5H3,(H,31,35)(H,36,37,38)(H,39,40,41). The molecule has 0 aliphatic heterocycles. The monoisotopic (exact) mass is 642 g/mol. The predicted molar refractivity (Wildman–Crippen MR) is 165 cm³/mol. The summed E-state index contributed by atoms with van der Waals surface area (Å²) in [6.45, 7) is 8.97. The van der Waals surface area contributed by atoms with Crippen molar-refractivity contribution >= 4 is 59.9 Å². The van der Waals surface area contributed by atoms with Gasteiger partial charge in [-0.25, -0.2) is 4.79 Å². The fourth-order valence-corrected chi connectivity index (χ4v) is 5.85. The van der Waals surface area contributed by atoms with Crippen molar-refractivity contribution in [1.82, 2.24) is 0 Å². The van der Waals surface area contributed by atoms with Crippen molar-refractivity contribution in [2.24, 2.45) is 10.2 Å². The number of aryl methyl sites for hydroxylation is 2. The van der Waals surface area contributed by atoms with Gasteiger partial charge in [0.1, 0.15) is 21.1 Å². The molecule has 0 aliphatic carbocycles. The Labute approximate surface area is 253 Å². The third-order valence-electron chi connectivity index (χ3n) is 6.43. The Morgan fingerprint density at radius 1 is 0.818 bits per heavy atom. The normalized spacial score (nSPS) is 12.5. The molecule has 0 bridgehead atoms. The van der Waals surface area contributed by atoms with E-state index in [-0.39, 0.29) is 11.1 Å². The van der Waals surface area contributed by atoms with Gasteiger partial charge < -0.3 is 15.6 Å². The number of hydrogen-bond donors (Lipinski definition) is 5. The van der Waals surface area contributed by atoms with Gasteiger partial charge in [0.15, 0.2) is 5.75 Å². The number of nitrogens with two attached hydrogens (primary N) is 1. The van der Waals surface area contributed by atoms with Gasteiger partial charge in [-0.15, -0.1) is 5.11 Å². The first-order chi connectivity index (χ1) is 20.3. The molecule has 15 heteroatoms. The summed E-state index contributed by atoms with van der Waals surface area (Å²) in [6.07, 6.45) is -0.559. The Morgan fingerprint density at radius 2 is 1.36 bits per heavy atom. The maximum absolute atomic E-state index is 12.1. The zero-order valence-electron chi connectivity index (χ0n) is 24.3. The fraction of sp³-hybridized carbons (Fsp3) is 0.207. The summed E-state index contributed by atoms with van der Waals surface area (Å²) in [6, 6.07) is 13.7. The van der Waals surface area contributed by atoms with E-state index in [1.807, 2.05) is 25.1 Å². The molecule has 0 aliphatic rings. The fourth-order valence-electron chi connectivity index (χ4n) is 4.42. The largest absolute Gasteiger partial charge is 0.505 e. The minimum atomic E-state index is -5.03. The van der Waals surface area contributed by atoms with Crippen LogP contribution in [0.4, 0.5) is 27.5 Å². The number of anilines is 2. The van der Waals surface area contributed by atoms with Gasteiger partial charge in [0.2, 0.25) is 0 Å². The van der Waals surface area contributed by atoms with E-state index in [2.05, 4.69) is 15.5 Å². The summed E-state index contributed by atoms with van der Waals surface area (Å²) < 4.78 is 72.0. The van der Waals surface area contributed by atoms with Gasteiger partial charge in [-0.1, -0.05) is 18.2 Å². The number of phenolic OH excluding ortho intramolecular Hbond substituents is 1. The summed E-state index contributed by atoms with van der Waals surface area (Å²) in [5.41, 5.74) is 8.69. The van der Waals surface area contributed by atoms with E-state index in [1.54, 1.807) is 45.9 Å². The number of amides is 1. The topological polar surface area (TPSA) is 218 Å². The summed E-state index contributed by atoms with van der Waals surface area (Å²) in [5.74, 6) is -0.719. The van der Waals surface area contributed by atoms with Crippen LogP contribution >= 0.6 is 0 Å². The highest BCUT2D eigenvalue weighted by Gasteiger charge is 2.26. The van der Waals surface area contributed by atoms with Crippen LogP contribution in [0.15, 0.2) is 74.6 Å². The number of aromatic hydroxyl groups is 1. The molecule has 0 saturated carbocycles. The zero-order chi connectivity index (χ0) is 32.8. The Morgan fingerprint density at radius 3 is 1.91 bits per heavy atom. The first-order valence-electron chi connectivity index (χ1n) is 12.9. The maximum atomic E-state index is 12.1. The van der Waals surface area contributed by atoms with Crippen LogP contribution in [0.3, 0.4) is 0 Å². The number of fused-ring (bicyclic) bond motifs is 1. The SMILES string of the molecule is Cc1cc(-c2ccc(NC(=O)OC(C)(C)C)c(C)c2)ccc1N=Nc1ccc2c(S(=O)(=O)O)cc(S(=O)(=O)O)c(N)c2c1O. The van der Waals surface area contributed by atoms with Crippen LogP contribution in [0.25, 0.3) is 21.9 Å².